The zero-order valence-electron chi connectivity index (χ0n) is 18.8. The number of nitrogens with one attached hydrogen (secondary N) is 1. The van der Waals surface area contributed by atoms with Gasteiger partial charge in [0.2, 0.25) is 0 Å². The molecule has 11 heteroatoms. The number of rotatable bonds is 6. The third-order valence-corrected chi connectivity index (χ3v) is 5.36. The molecule has 0 fully saturated rings. The van der Waals surface area contributed by atoms with Crippen LogP contribution in [0.3, 0.4) is 0 Å². The second kappa shape index (κ2) is 9.38. The standard InChI is InChI=1S/C24H20ClF3N6O/c1-4-18-16(12-33(3)31-18)11-14(2)34-23(35)21(15-5-7-17(25)8-6-15)22-19(32-34)9-10-20(30-22)29-13-24(26,27)28/h4-12H,1,13H2,2-3H3,(H,29,30)/b14-11+. The molecule has 0 amide bonds. The lowest BCUT2D eigenvalue weighted by molar-refractivity contribution is -0.115. The lowest BCUT2D eigenvalue weighted by Crippen LogP contribution is -2.24. The molecule has 180 valence electrons. The van der Waals surface area contributed by atoms with Crippen LogP contribution in [-0.2, 0) is 7.05 Å². The molecular formula is C24H20ClF3N6O. The second-order valence-electron chi connectivity index (χ2n) is 7.76. The molecule has 0 spiro atoms. The van der Waals surface area contributed by atoms with E-state index >= 15 is 0 Å². The van der Waals surface area contributed by atoms with E-state index in [9.17, 15) is 18.0 Å². The van der Waals surface area contributed by atoms with Crippen LogP contribution in [0.1, 0.15) is 18.2 Å². The minimum Gasteiger partial charge on any atom is -0.361 e. The SMILES string of the molecule is C=Cc1nn(C)cc1/C=C(\C)n1nc2ccc(NCC(F)(F)F)nc2c(-c2ccc(Cl)cc2)c1=O. The number of alkyl halides is 3. The van der Waals surface area contributed by atoms with Gasteiger partial charge < -0.3 is 5.32 Å². The summed E-state index contributed by atoms with van der Waals surface area (Å²) >= 11 is 6.02. The van der Waals surface area contributed by atoms with Crippen molar-refractivity contribution in [2.24, 2.45) is 7.05 Å². The van der Waals surface area contributed by atoms with E-state index in [1.165, 1.54) is 16.8 Å². The minimum atomic E-state index is -4.42. The maximum atomic E-state index is 13.6. The molecule has 3 heterocycles. The Morgan fingerprint density at radius 3 is 2.54 bits per heavy atom. The van der Waals surface area contributed by atoms with Gasteiger partial charge in [-0.05, 0) is 48.9 Å². The molecule has 4 aromatic rings. The largest absolute Gasteiger partial charge is 0.405 e. The van der Waals surface area contributed by atoms with Gasteiger partial charge in [0, 0.05) is 29.5 Å². The molecule has 0 radical (unpaired) electrons. The van der Waals surface area contributed by atoms with Gasteiger partial charge in [0.25, 0.3) is 5.56 Å². The van der Waals surface area contributed by atoms with Crippen molar-refractivity contribution in [3.63, 3.8) is 0 Å². The molecule has 0 unspecified atom stereocenters. The van der Waals surface area contributed by atoms with Gasteiger partial charge in [-0.15, -0.1) is 0 Å². The minimum absolute atomic E-state index is 0.0257. The predicted octanol–water partition coefficient (Wildman–Crippen LogP) is 5.48. The summed E-state index contributed by atoms with van der Waals surface area (Å²) in [5, 5.41) is 11.4. The van der Waals surface area contributed by atoms with Gasteiger partial charge in [0.05, 0.1) is 11.3 Å². The van der Waals surface area contributed by atoms with Gasteiger partial charge in [-0.25, -0.2) is 9.67 Å². The number of aryl methyl sites for hydroxylation is 1. The maximum Gasteiger partial charge on any atom is 0.405 e. The molecule has 0 aliphatic rings. The van der Waals surface area contributed by atoms with E-state index in [4.69, 9.17) is 11.6 Å². The van der Waals surface area contributed by atoms with Crippen LogP contribution in [0.5, 0.6) is 0 Å². The third kappa shape index (κ3) is 5.27. The van der Waals surface area contributed by atoms with Crippen molar-refractivity contribution in [2.45, 2.75) is 13.1 Å². The monoisotopic (exact) mass is 500 g/mol. The number of fused-ring (bicyclic) bond motifs is 1. The number of halogens is 4. The Bertz CT molecular complexity index is 1500. The van der Waals surface area contributed by atoms with E-state index in [-0.39, 0.29) is 16.9 Å². The summed E-state index contributed by atoms with van der Waals surface area (Å²) in [5.74, 6) is -0.0257. The van der Waals surface area contributed by atoms with Crippen LogP contribution in [-0.4, -0.2) is 37.3 Å². The number of anilines is 1. The fourth-order valence-corrected chi connectivity index (χ4v) is 3.69. The lowest BCUT2D eigenvalue weighted by atomic mass is 10.1. The van der Waals surface area contributed by atoms with Gasteiger partial charge in [-0.1, -0.05) is 30.3 Å². The van der Waals surface area contributed by atoms with Gasteiger partial charge in [-0.2, -0.15) is 23.4 Å². The van der Waals surface area contributed by atoms with Crippen LogP contribution in [0.4, 0.5) is 19.0 Å². The second-order valence-corrected chi connectivity index (χ2v) is 8.20. The van der Waals surface area contributed by atoms with E-state index in [0.29, 0.717) is 27.5 Å². The fourth-order valence-electron chi connectivity index (χ4n) is 3.56. The summed E-state index contributed by atoms with van der Waals surface area (Å²) in [7, 11) is 1.77. The van der Waals surface area contributed by atoms with Crippen molar-refractivity contribution in [2.75, 3.05) is 11.9 Å². The Morgan fingerprint density at radius 2 is 1.89 bits per heavy atom. The van der Waals surface area contributed by atoms with Crippen molar-refractivity contribution < 1.29 is 13.2 Å². The summed E-state index contributed by atoms with van der Waals surface area (Å²) < 4.78 is 40.9. The molecule has 0 atom stereocenters. The first-order valence-corrected chi connectivity index (χ1v) is 10.8. The number of hydrogen-bond acceptors (Lipinski definition) is 5. The molecule has 7 nitrogen and oxygen atoms in total. The molecule has 0 bridgehead atoms. The summed E-state index contributed by atoms with van der Waals surface area (Å²) in [6, 6.07) is 9.44. The predicted molar refractivity (Wildman–Crippen MR) is 132 cm³/mol. The van der Waals surface area contributed by atoms with Crippen LogP contribution >= 0.6 is 11.6 Å². The first-order valence-electron chi connectivity index (χ1n) is 10.4. The third-order valence-electron chi connectivity index (χ3n) is 5.11. The van der Waals surface area contributed by atoms with Gasteiger partial charge in [-0.3, -0.25) is 9.48 Å². The summed E-state index contributed by atoms with van der Waals surface area (Å²) in [6.07, 6.45) is 0.722. The molecule has 1 aromatic carbocycles. The van der Waals surface area contributed by atoms with Gasteiger partial charge in [0.15, 0.2) is 0 Å². The summed E-state index contributed by atoms with van der Waals surface area (Å²) in [5.41, 5.74) is 2.58. The summed E-state index contributed by atoms with van der Waals surface area (Å²) in [6.45, 7) is 4.22. The molecular weight excluding hydrogens is 481 g/mol. The van der Waals surface area contributed by atoms with E-state index in [0.717, 1.165) is 5.56 Å². The molecule has 35 heavy (non-hydrogen) atoms. The molecule has 1 N–H and O–H groups in total. The van der Waals surface area contributed by atoms with Crippen molar-refractivity contribution in [3.8, 4) is 11.1 Å². The molecule has 0 saturated carbocycles. The highest BCUT2D eigenvalue weighted by atomic mass is 35.5. The Balaban J connectivity index is 1.92. The van der Waals surface area contributed by atoms with E-state index in [1.54, 1.807) is 61.3 Å². The fraction of sp³-hybridized carbons (Fsp3) is 0.167. The normalized spacial score (nSPS) is 12.2. The van der Waals surface area contributed by atoms with Crippen LogP contribution in [0.2, 0.25) is 5.02 Å². The average molecular weight is 501 g/mol. The molecule has 0 saturated heterocycles. The highest BCUT2D eigenvalue weighted by molar-refractivity contribution is 6.30. The number of pyridine rings is 1. The number of allylic oxidation sites excluding steroid dienone is 1. The first kappa shape index (κ1) is 24.2. The van der Waals surface area contributed by atoms with Crippen LogP contribution in [0.15, 0.2) is 54.0 Å². The van der Waals surface area contributed by atoms with Gasteiger partial charge >= 0.3 is 6.18 Å². The molecule has 0 aliphatic heterocycles. The van der Waals surface area contributed by atoms with Crippen molar-refractivity contribution in [1.29, 1.82) is 0 Å². The Morgan fingerprint density at radius 1 is 1.17 bits per heavy atom. The topological polar surface area (TPSA) is 77.6 Å². The Hall–Kier alpha value is -3.92. The molecule has 0 aliphatic carbocycles. The number of aromatic nitrogens is 5. The zero-order valence-corrected chi connectivity index (χ0v) is 19.5. The smallest absolute Gasteiger partial charge is 0.361 e. The quantitative estimate of drug-likeness (QED) is 0.379. The van der Waals surface area contributed by atoms with Crippen molar-refractivity contribution in [1.82, 2.24) is 24.5 Å². The maximum absolute atomic E-state index is 13.6. The Labute approximate surface area is 203 Å². The number of hydrogen-bond donors (Lipinski definition) is 1. The van der Waals surface area contributed by atoms with Gasteiger partial charge in [0.1, 0.15) is 23.4 Å². The van der Waals surface area contributed by atoms with Crippen LogP contribution < -0.4 is 10.9 Å². The molecule has 3 aromatic heterocycles. The Kier molecular flexibility index (Phi) is 6.49. The van der Waals surface area contributed by atoms with Crippen molar-refractivity contribution >= 4 is 46.3 Å². The highest BCUT2D eigenvalue weighted by Gasteiger charge is 2.27. The first-order chi connectivity index (χ1) is 16.6. The van der Waals surface area contributed by atoms with E-state index in [1.807, 2.05) is 0 Å². The van der Waals surface area contributed by atoms with Crippen LogP contribution in [0.25, 0.3) is 40.0 Å². The van der Waals surface area contributed by atoms with E-state index in [2.05, 4.69) is 27.1 Å². The highest BCUT2D eigenvalue weighted by Crippen LogP contribution is 2.27. The summed E-state index contributed by atoms with van der Waals surface area (Å²) in [4.78, 5) is 17.9. The number of nitrogens with zero attached hydrogens (tertiary/aromatic N) is 5. The zero-order chi connectivity index (χ0) is 25.3. The van der Waals surface area contributed by atoms with E-state index < -0.39 is 18.3 Å². The average Bonchev–Trinajstić information content (AvgIpc) is 3.16. The molecule has 4 rings (SSSR count). The lowest BCUT2D eigenvalue weighted by Gasteiger charge is -2.13. The van der Waals surface area contributed by atoms with Crippen molar-refractivity contribution in [3.05, 3.63) is 75.8 Å². The van der Waals surface area contributed by atoms with Crippen LogP contribution in [0, 0.1) is 0 Å². The number of benzene rings is 1.